The molecule has 0 bridgehead atoms. The Kier molecular flexibility index (Phi) is 3.98. The Morgan fingerprint density at radius 3 is 2.42 bits per heavy atom. The predicted molar refractivity (Wildman–Crippen MR) is 82.2 cm³/mol. The molecule has 24 heavy (non-hydrogen) atoms. The number of pyridine rings is 1. The smallest absolute Gasteiger partial charge is 0.368 e. The molecule has 2 aromatic heterocycles. The van der Waals surface area contributed by atoms with Gasteiger partial charge in [0.2, 0.25) is 11.9 Å². The number of nitrogens with one attached hydrogen (secondary N) is 1. The quantitative estimate of drug-likeness (QED) is 0.765. The van der Waals surface area contributed by atoms with E-state index in [-0.39, 0.29) is 17.6 Å². The van der Waals surface area contributed by atoms with Crippen molar-refractivity contribution in [3.63, 3.8) is 0 Å². The molecule has 0 amide bonds. The van der Waals surface area contributed by atoms with Crippen molar-refractivity contribution in [1.29, 1.82) is 0 Å². The van der Waals surface area contributed by atoms with Crippen LogP contribution in [0.3, 0.4) is 0 Å². The van der Waals surface area contributed by atoms with Gasteiger partial charge >= 0.3 is 6.18 Å². The third kappa shape index (κ3) is 3.57. The Labute approximate surface area is 134 Å². The van der Waals surface area contributed by atoms with Gasteiger partial charge in [0.15, 0.2) is 5.82 Å². The number of halogens is 3. The fraction of sp³-hybridized carbons (Fsp3) is 0.0667. The van der Waals surface area contributed by atoms with E-state index in [4.69, 9.17) is 5.73 Å². The van der Waals surface area contributed by atoms with E-state index >= 15 is 0 Å². The number of nitrogen functional groups attached to an aromatic ring is 1. The molecular weight excluding hydrogens is 321 g/mol. The van der Waals surface area contributed by atoms with Crippen LogP contribution in [0.5, 0.6) is 0 Å². The monoisotopic (exact) mass is 332 g/mol. The number of aromatic nitrogens is 4. The minimum Gasteiger partial charge on any atom is -0.368 e. The number of nitrogens with zero attached hydrogens (tertiary/aromatic N) is 4. The molecule has 122 valence electrons. The van der Waals surface area contributed by atoms with Gasteiger partial charge in [-0.25, -0.2) is 0 Å². The molecule has 0 fully saturated rings. The number of rotatable bonds is 3. The zero-order valence-electron chi connectivity index (χ0n) is 12.1. The fourth-order valence-corrected chi connectivity index (χ4v) is 1.98. The van der Waals surface area contributed by atoms with Crippen molar-refractivity contribution in [2.24, 2.45) is 0 Å². The van der Waals surface area contributed by atoms with Gasteiger partial charge in [-0.05, 0) is 30.3 Å². The maximum atomic E-state index is 12.8. The third-order valence-corrected chi connectivity index (χ3v) is 3.04. The minimum absolute atomic E-state index is 0.0497. The Morgan fingerprint density at radius 2 is 1.71 bits per heavy atom. The lowest BCUT2D eigenvalue weighted by Gasteiger charge is -2.10. The molecule has 0 saturated heterocycles. The maximum absolute atomic E-state index is 12.8. The lowest BCUT2D eigenvalue weighted by atomic mass is 10.2. The summed E-state index contributed by atoms with van der Waals surface area (Å²) in [4.78, 5) is 16.0. The summed E-state index contributed by atoms with van der Waals surface area (Å²) in [5.74, 6) is 0.291. The summed E-state index contributed by atoms with van der Waals surface area (Å²) in [6.07, 6.45) is -1.30. The molecule has 0 aliphatic heterocycles. The summed E-state index contributed by atoms with van der Waals surface area (Å²) in [5, 5.41) is 2.71. The molecule has 3 aromatic rings. The molecule has 2 heterocycles. The highest BCUT2D eigenvalue weighted by molar-refractivity contribution is 5.60. The van der Waals surface area contributed by atoms with Gasteiger partial charge in [0, 0.05) is 23.6 Å². The van der Waals surface area contributed by atoms with E-state index < -0.39 is 11.7 Å². The van der Waals surface area contributed by atoms with E-state index in [0.29, 0.717) is 11.4 Å². The standard InChI is InChI=1S/C15H11F3N6/c16-15(17,18)10-2-1-3-11(8-10)21-14-23-12(22-13(19)24-14)9-4-6-20-7-5-9/h1-8H,(H3,19,21,22,23,24). The topological polar surface area (TPSA) is 89.6 Å². The second-order valence-electron chi connectivity index (χ2n) is 4.78. The Morgan fingerprint density at radius 1 is 0.958 bits per heavy atom. The van der Waals surface area contributed by atoms with Crippen LogP contribution in [-0.4, -0.2) is 19.9 Å². The van der Waals surface area contributed by atoms with Crippen LogP contribution in [0.1, 0.15) is 5.56 Å². The average molecular weight is 332 g/mol. The van der Waals surface area contributed by atoms with Crippen molar-refractivity contribution in [3.05, 3.63) is 54.4 Å². The summed E-state index contributed by atoms with van der Waals surface area (Å²) in [6.45, 7) is 0. The van der Waals surface area contributed by atoms with E-state index in [1.165, 1.54) is 12.1 Å². The first-order valence-electron chi connectivity index (χ1n) is 6.78. The van der Waals surface area contributed by atoms with Crippen LogP contribution >= 0.6 is 0 Å². The van der Waals surface area contributed by atoms with Gasteiger partial charge in [-0.2, -0.15) is 28.1 Å². The number of alkyl halides is 3. The number of hydrogen-bond donors (Lipinski definition) is 2. The van der Waals surface area contributed by atoms with Crippen molar-refractivity contribution >= 4 is 17.6 Å². The van der Waals surface area contributed by atoms with Gasteiger partial charge < -0.3 is 11.1 Å². The largest absolute Gasteiger partial charge is 0.416 e. The molecule has 0 radical (unpaired) electrons. The average Bonchev–Trinajstić information content (AvgIpc) is 2.54. The van der Waals surface area contributed by atoms with Crippen LogP contribution in [0.25, 0.3) is 11.4 Å². The van der Waals surface area contributed by atoms with Crippen LogP contribution in [0.2, 0.25) is 0 Å². The highest BCUT2D eigenvalue weighted by Gasteiger charge is 2.30. The van der Waals surface area contributed by atoms with Crippen molar-refractivity contribution in [2.75, 3.05) is 11.1 Å². The zero-order chi connectivity index (χ0) is 17.2. The van der Waals surface area contributed by atoms with E-state index in [9.17, 15) is 13.2 Å². The SMILES string of the molecule is Nc1nc(Nc2cccc(C(F)(F)F)c2)nc(-c2ccncc2)n1. The molecule has 9 heteroatoms. The van der Waals surface area contributed by atoms with E-state index in [1.807, 2.05) is 0 Å². The molecule has 6 nitrogen and oxygen atoms in total. The molecule has 3 N–H and O–H groups in total. The predicted octanol–water partition coefficient (Wildman–Crippen LogP) is 3.28. The summed E-state index contributed by atoms with van der Waals surface area (Å²) >= 11 is 0. The molecule has 0 saturated carbocycles. The second-order valence-corrected chi connectivity index (χ2v) is 4.78. The zero-order valence-corrected chi connectivity index (χ0v) is 12.1. The van der Waals surface area contributed by atoms with Crippen molar-refractivity contribution in [1.82, 2.24) is 19.9 Å². The first-order valence-corrected chi connectivity index (χ1v) is 6.78. The molecule has 0 atom stereocenters. The first-order chi connectivity index (χ1) is 11.4. The van der Waals surface area contributed by atoms with Gasteiger partial charge in [0.25, 0.3) is 0 Å². The summed E-state index contributed by atoms with van der Waals surface area (Å²) in [7, 11) is 0. The molecule has 1 aromatic carbocycles. The van der Waals surface area contributed by atoms with Crippen LogP contribution < -0.4 is 11.1 Å². The van der Waals surface area contributed by atoms with Crippen molar-refractivity contribution < 1.29 is 13.2 Å². The van der Waals surface area contributed by atoms with Gasteiger partial charge in [-0.15, -0.1) is 0 Å². The Bertz CT molecular complexity index is 851. The number of anilines is 3. The maximum Gasteiger partial charge on any atom is 0.416 e. The highest BCUT2D eigenvalue weighted by atomic mass is 19.4. The number of hydrogen-bond acceptors (Lipinski definition) is 6. The van der Waals surface area contributed by atoms with Crippen LogP contribution in [0.15, 0.2) is 48.8 Å². The lowest BCUT2D eigenvalue weighted by Crippen LogP contribution is -2.07. The molecule has 0 spiro atoms. The highest BCUT2D eigenvalue weighted by Crippen LogP contribution is 2.31. The minimum atomic E-state index is -4.43. The van der Waals surface area contributed by atoms with E-state index in [2.05, 4.69) is 25.3 Å². The van der Waals surface area contributed by atoms with Crippen molar-refractivity contribution in [3.8, 4) is 11.4 Å². The third-order valence-electron chi connectivity index (χ3n) is 3.04. The number of benzene rings is 1. The summed E-state index contributed by atoms with van der Waals surface area (Å²) < 4.78 is 38.3. The van der Waals surface area contributed by atoms with E-state index in [0.717, 1.165) is 12.1 Å². The van der Waals surface area contributed by atoms with Gasteiger partial charge in [-0.3, -0.25) is 4.98 Å². The van der Waals surface area contributed by atoms with Crippen LogP contribution in [0.4, 0.5) is 30.8 Å². The first kappa shape index (κ1) is 15.7. The Balaban J connectivity index is 1.92. The van der Waals surface area contributed by atoms with Gasteiger partial charge in [-0.1, -0.05) is 6.07 Å². The summed E-state index contributed by atoms with van der Waals surface area (Å²) in [6, 6.07) is 8.08. The van der Waals surface area contributed by atoms with Crippen LogP contribution in [-0.2, 0) is 6.18 Å². The van der Waals surface area contributed by atoms with Gasteiger partial charge in [0.05, 0.1) is 5.56 Å². The van der Waals surface area contributed by atoms with Crippen molar-refractivity contribution in [2.45, 2.75) is 6.18 Å². The molecular formula is C15H11F3N6. The summed E-state index contributed by atoms with van der Waals surface area (Å²) in [5.41, 5.74) is 5.73. The second kappa shape index (κ2) is 6.11. The molecule has 0 aliphatic carbocycles. The molecule has 0 unspecified atom stereocenters. The number of nitrogens with two attached hydrogens (primary N) is 1. The van der Waals surface area contributed by atoms with Gasteiger partial charge in [0.1, 0.15) is 0 Å². The Hall–Kier alpha value is -3.23. The normalized spacial score (nSPS) is 11.3. The molecule has 3 rings (SSSR count). The fourth-order valence-electron chi connectivity index (χ4n) is 1.98. The van der Waals surface area contributed by atoms with E-state index in [1.54, 1.807) is 24.5 Å². The van der Waals surface area contributed by atoms with Crippen LogP contribution in [0, 0.1) is 0 Å². The molecule has 0 aliphatic rings. The lowest BCUT2D eigenvalue weighted by molar-refractivity contribution is -0.137.